The van der Waals surface area contributed by atoms with E-state index in [0.29, 0.717) is 18.3 Å². The molecule has 20 heavy (non-hydrogen) atoms. The quantitative estimate of drug-likeness (QED) is 0.777. The molecule has 0 bridgehead atoms. The van der Waals surface area contributed by atoms with E-state index in [2.05, 4.69) is 39.3 Å². The lowest BCUT2D eigenvalue weighted by Gasteiger charge is -2.09. The van der Waals surface area contributed by atoms with Gasteiger partial charge in [0.2, 0.25) is 11.8 Å². The molecule has 3 aromatic rings. The second-order valence-electron chi connectivity index (χ2n) is 4.53. The van der Waals surface area contributed by atoms with Crippen molar-refractivity contribution in [3.05, 3.63) is 58.6 Å². The van der Waals surface area contributed by atoms with Gasteiger partial charge in [-0.1, -0.05) is 18.2 Å². The van der Waals surface area contributed by atoms with Crippen molar-refractivity contribution in [2.24, 2.45) is 0 Å². The highest BCUT2D eigenvalue weighted by atomic mass is 32.1. The second kappa shape index (κ2) is 5.98. The maximum Gasteiger partial charge on any atom is 0.247 e. The average Bonchev–Trinajstić information content (AvgIpc) is 3.17. The van der Waals surface area contributed by atoms with Gasteiger partial charge < -0.3 is 9.73 Å². The number of hydrogen-bond donors (Lipinski definition) is 1. The van der Waals surface area contributed by atoms with E-state index in [1.165, 1.54) is 5.56 Å². The first kappa shape index (κ1) is 13.0. The summed E-state index contributed by atoms with van der Waals surface area (Å²) >= 11 is 1.70. The molecule has 0 saturated heterocycles. The zero-order chi connectivity index (χ0) is 13.8. The zero-order valence-corrected chi connectivity index (χ0v) is 11.9. The molecule has 1 unspecified atom stereocenters. The standard InChI is InChI=1S/C15H15N3OS/c1-11(13-7-8-20-10-13)16-9-14-17-18-15(19-14)12-5-3-2-4-6-12/h2-8,10-11,16H,9H2,1H3. The number of aromatic nitrogens is 2. The number of rotatable bonds is 5. The first-order chi connectivity index (χ1) is 9.83. The molecular weight excluding hydrogens is 270 g/mol. The fourth-order valence-corrected chi connectivity index (χ4v) is 2.66. The van der Waals surface area contributed by atoms with Gasteiger partial charge in [-0.3, -0.25) is 0 Å². The van der Waals surface area contributed by atoms with E-state index in [1.54, 1.807) is 11.3 Å². The van der Waals surface area contributed by atoms with Gasteiger partial charge in [0.25, 0.3) is 0 Å². The smallest absolute Gasteiger partial charge is 0.247 e. The Hall–Kier alpha value is -1.98. The van der Waals surface area contributed by atoms with Crippen molar-refractivity contribution in [3.8, 4) is 11.5 Å². The number of hydrogen-bond acceptors (Lipinski definition) is 5. The van der Waals surface area contributed by atoms with E-state index in [9.17, 15) is 0 Å². The molecular formula is C15H15N3OS. The summed E-state index contributed by atoms with van der Waals surface area (Å²) in [7, 11) is 0. The van der Waals surface area contributed by atoms with Crippen LogP contribution in [0, 0.1) is 0 Å². The molecule has 2 heterocycles. The molecule has 4 nitrogen and oxygen atoms in total. The third-order valence-electron chi connectivity index (χ3n) is 3.09. The molecule has 0 saturated carbocycles. The first-order valence-electron chi connectivity index (χ1n) is 6.46. The van der Waals surface area contributed by atoms with Crippen LogP contribution >= 0.6 is 11.3 Å². The zero-order valence-electron chi connectivity index (χ0n) is 11.1. The molecule has 1 atom stereocenters. The number of thiophene rings is 1. The van der Waals surface area contributed by atoms with E-state index in [-0.39, 0.29) is 6.04 Å². The predicted octanol–water partition coefficient (Wildman–Crippen LogP) is 3.65. The second-order valence-corrected chi connectivity index (χ2v) is 5.31. The van der Waals surface area contributed by atoms with Crippen molar-refractivity contribution < 1.29 is 4.42 Å². The van der Waals surface area contributed by atoms with Gasteiger partial charge in [0.05, 0.1) is 6.54 Å². The van der Waals surface area contributed by atoms with Crippen molar-refractivity contribution >= 4 is 11.3 Å². The molecule has 0 aliphatic carbocycles. The summed E-state index contributed by atoms with van der Waals surface area (Å²) in [6.07, 6.45) is 0. The Morgan fingerprint density at radius 1 is 1.20 bits per heavy atom. The molecule has 0 spiro atoms. The maximum absolute atomic E-state index is 5.66. The highest BCUT2D eigenvalue weighted by Gasteiger charge is 2.10. The predicted molar refractivity (Wildman–Crippen MR) is 79.3 cm³/mol. The Bertz CT molecular complexity index is 649. The Balaban J connectivity index is 1.63. The van der Waals surface area contributed by atoms with Crippen LogP contribution in [0.15, 0.2) is 51.6 Å². The minimum atomic E-state index is 0.272. The molecule has 0 fully saturated rings. The summed E-state index contributed by atoms with van der Waals surface area (Å²) < 4.78 is 5.66. The van der Waals surface area contributed by atoms with Gasteiger partial charge >= 0.3 is 0 Å². The van der Waals surface area contributed by atoms with Gasteiger partial charge in [-0.2, -0.15) is 11.3 Å². The van der Waals surface area contributed by atoms with Crippen LogP contribution in [0.25, 0.3) is 11.5 Å². The van der Waals surface area contributed by atoms with Crippen molar-refractivity contribution in [3.63, 3.8) is 0 Å². The molecule has 102 valence electrons. The summed E-state index contributed by atoms with van der Waals surface area (Å²) in [6, 6.07) is 12.2. The number of nitrogens with one attached hydrogen (secondary N) is 1. The topological polar surface area (TPSA) is 51.0 Å². The fourth-order valence-electron chi connectivity index (χ4n) is 1.90. The van der Waals surface area contributed by atoms with Gasteiger partial charge in [-0.15, -0.1) is 10.2 Å². The van der Waals surface area contributed by atoms with Crippen LogP contribution < -0.4 is 5.32 Å². The van der Waals surface area contributed by atoms with E-state index < -0.39 is 0 Å². The van der Waals surface area contributed by atoms with Crippen LogP contribution in [0.3, 0.4) is 0 Å². The number of benzene rings is 1. The van der Waals surface area contributed by atoms with E-state index in [4.69, 9.17) is 4.42 Å². The van der Waals surface area contributed by atoms with Crippen molar-refractivity contribution in [2.45, 2.75) is 19.5 Å². The SMILES string of the molecule is CC(NCc1nnc(-c2ccccc2)o1)c1ccsc1. The Labute approximate surface area is 121 Å². The van der Waals surface area contributed by atoms with Crippen LogP contribution in [-0.2, 0) is 6.54 Å². The molecule has 3 rings (SSSR count). The van der Waals surface area contributed by atoms with Crippen LogP contribution in [0.5, 0.6) is 0 Å². The molecule has 1 aromatic carbocycles. The van der Waals surface area contributed by atoms with Crippen LogP contribution in [-0.4, -0.2) is 10.2 Å². The fraction of sp³-hybridized carbons (Fsp3) is 0.200. The van der Waals surface area contributed by atoms with Crippen molar-refractivity contribution in [1.29, 1.82) is 0 Å². The lowest BCUT2D eigenvalue weighted by atomic mass is 10.2. The van der Waals surface area contributed by atoms with Crippen molar-refractivity contribution in [2.75, 3.05) is 0 Å². The monoisotopic (exact) mass is 285 g/mol. The minimum absolute atomic E-state index is 0.272. The summed E-state index contributed by atoms with van der Waals surface area (Å²) in [5.74, 6) is 1.16. The molecule has 1 N–H and O–H groups in total. The first-order valence-corrected chi connectivity index (χ1v) is 7.40. The van der Waals surface area contributed by atoms with Crippen LogP contribution in [0.2, 0.25) is 0 Å². The maximum atomic E-state index is 5.66. The van der Waals surface area contributed by atoms with Gasteiger partial charge in [0, 0.05) is 11.6 Å². The third-order valence-corrected chi connectivity index (χ3v) is 3.79. The van der Waals surface area contributed by atoms with Crippen molar-refractivity contribution in [1.82, 2.24) is 15.5 Å². The van der Waals surface area contributed by atoms with E-state index in [0.717, 1.165) is 5.56 Å². The Morgan fingerprint density at radius 2 is 2.05 bits per heavy atom. The van der Waals surface area contributed by atoms with Crippen LogP contribution in [0.4, 0.5) is 0 Å². The van der Waals surface area contributed by atoms with Gasteiger partial charge in [-0.05, 0) is 41.4 Å². The van der Waals surface area contributed by atoms with Gasteiger partial charge in [0.15, 0.2) is 0 Å². The highest BCUT2D eigenvalue weighted by molar-refractivity contribution is 7.07. The summed E-state index contributed by atoms with van der Waals surface area (Å²) in [4.78, 5) is 0. The Morgan fingerprint density at radius 3 is 2.80 bits per heavy atom. The van der Waals surface area contributed by atoms with Gasteiger partial charge in [0.1, 0.15) is 0 Å². The summed E-state index contributed by atoms with van der Waals surface area (Å²) in [5.41, 5.74) is 2.22. The third kappa shape index (κ3) is 2.95. The van der Waals surface area contributed by atoms with Gasteiger partial charge in [-0.25, -0.2) is 0 Å². The average molecular weight is 285 g/mol. The molecule has 0 aliphatic heterocycles. The summed E-state index contributed by atoms with van der Waals surface area (Å²) in [6.45, 7) is 2.69. The molecule has 2 aromatic heterocycles. The van der Waals surface area contributed by atoms with Crippen LogP contribution in [0.1, 0.15) is 24.4 Å². The molecule has 5 heteroatoms. The van der Waals surface area contributed by atoms with E-state index in [1.807, 2.05) is 30.3 Å². The highest BCUT2D eigenvalue weighted by Crippen LogP contribution is 2.18. The molecule has 0 aliphatic rings. The molecule has 0 amide bonds. The largest absolute Gasteiger partial charge is 0.419 e. The minimum Gasteiger partial charge on any atom is -0.419 e. The van der Waals surface area contributed by atoms with E-state index >= 15 is 0 Å². The normalized spacial score (nSPS) is 12.4. The lowest BCUT2D eigenvalue weighted by Crippen LogP contribution is -2.17. The Kier molecular flexibility index (Phi) is 3.90. The molecule has 0 radical (unpaired) electrons. The summed E-state index contributed by atoms with van der Waals surface area (Å²) in [5, 5.41) is 15.7. The number of nitrogens with zero attached hydrogens (tertiary/aromatic N) is 2. The lowest BCUT2D eigenvalue weighted by molar-refractivity contribution is 0.454.